The average Bonchev–Trinajstić information content (AvgIpc) is 2.15. The second-order valence-corrected chi connectivity index (χ2v) is 4.82. The Bertz CT molecular complexity index is 164. The number of rotatable bonds is 7. The largest absolute Gasteiger partial charge is 0.356 e. The third kappa shape index (κ3) is 7.21. The molecule has 0 heterocycles. The van der Waals surface area contributed by atoms with Gasteiger partial charge in [0, 0.05) is 13.0 Å². The zero-order valence-electron chi connectivity index (χ0n) is 9.38. The van der Waals surface area contributed by atoms with Gasteiger partial charge in [-0.3, -0.25) is 4.79 Å². The molecule has 3 nitrogen and oxygen atoms in total. The van der Waals surface area contributed by atoms with Crippen LogP contribution in [0.1, 0.15) is 20.3 Å². The monoisotopic (exact) mass is 218 g/mol. The van der Waals surface area contributed by atoms with E-state index in [1.807, 2.05) is 18.7 Å². The van der Waals surface area contributed by atoms with Crippen LogP contribution in [0.3, 0.4) is 0 Å². The van der Waals surface area contributed by atoms with Gasteiger partial charge in [0.15, 0.2) is 0 Å². The van der Waals surface area contributed by atoms with E-state index < -0.39 is 0 Å². The van der Waals surface area contributed by atoms with Gasteiger partial charge in [0.05, 0.1) is 0 Å². The molecule has 0 radical (unpaired) electrons. The van der Waals surface area contributed by atoms with E-state index >= 15 is 0 Å². The second-order valence-electron chi connectivity index (χ2n) is 3.91. The summed E-state index contributed by atoms with van der Waals surface area (Å²) in [6.07, 6.45) is 2.62. The molecule has 0 rings (SSSR count). The summed E-state index contributed by atoms with van der Waals surface area (Å²) in [6.45, 7) is 5.48. The van der Waals surface area contributed by atoms with Gasteiger partial charge in [-0.15, -0.1) is 0 Å². The Morgan fingerprint density at radius 1 is 1.43 bits per heavy atom. The lowest BCUT2D eigenvalue weighted by Crippen LogP contribution is -2.31. The van der Waals surface area contributed by atoms with Crippen LogP contribution >= 0.6 is 11.8 Å². The molecule has 0 saturated carbocycles. The maximum Gasteiger partial charge on any atom is 0.220 e. The third-order valence-corrected chi connectivity index (χ3v) is 2.94. The molecular formula is C10H22N2OS. The summed E-state index contributed by atoms with van der Waals surface area (Å²) in [5, 5.41) is 2.92. The van der Waals surface area contributed by atoms with Crippen molar-refractivity contribution in [3.63, 3.8) is 0 Å². The highest BCUT2D eigenvalue weighted by atomic mass is 32.2. The van der Waals surface area contributed by atoms with Crippen molar-refractivity contribution in [2.24, 2.45) is 17.6 Å². The zero-order chi connectivity index (χ0) is 11.0. The third-order valence-electron chi connectivity index (χ3n) is 2.04. The topological polar surface area (TPSA) is 55.1 Å². The van der Waals surface area contributed by atoms with Gasteiger partial charge in [0.2, 0.25) is 5.91 Å². The Balaban J connectivity index is 3.53. The van der Waals surface area contributed by atoms with Crippen LogP contribution in [0.4, 0.5) is 0 Å². The highest BCUT2D eigenvalue weighted by molar-refractivity contribution is 7.98. The molecule has 0 spiro atoms. The van der Waals surface area contributed by atoms with Crippen molar-refractivity contribution in [3.05, 3.63) is 0 Å². The lowest BCUT2D eigenvalue weighted by Gasteiger charge is -2.12. The SMILES string of the molecule is CSCC(C)CNC(=O)CC(C)CN. The predicted molar refractivity (Wildman–Crippen MR) is 63.4 cm³/mol. The lowest BCUT2D eigenvalue weighted by atomic mass is 10.1. The van der Waals surface area contributed by atoms with Crippen LogP contribution in [-0.4, -0.2) is 31.0 Å². The van der Waals surface area contributed by atoms with Crippen molar-refractivity contribution in [1.29, 1.82) is 0 Å². The molecule has 0 aromatic carbocycles. The van der Waals surface area contributed by atoms with Crippen LogP contribution in [0.25, 0.3) is 0 Å². The van der Waals surface area contributed by atoms with Gasteiger partial charge in [-0.05, 0) is 30.4 Å². The van der Waals surface area contributed by atoms with Gasteiger partial charge in [-0.25, -0.2) is 0 Å². The van der Waals surface area contributed by atoms with E-state index in [0.717, 1.165) is 12.3 Å². The van der Waals surface area contributed by atoms with Crippen LogP contribution in [0, 0.1) is 11.8 Å². The Morgan fingerprint density at radius 2 is 2.07 bits per heavy atom. The fourth-order valence-electron chi connectivity index (χ4n) is 1.10. The van der Waals surface area contributed by atoms with Crippen molar-refractivity contribution in [2.45, 2.75) is 20.3 Å². The molecule has 84 valence electrons. The fraction of sp³-hybridized carbons (Fsp3) is 0.900. The molecule has 0 aromatic rings. The van der Waals surface area contributed by atoms with Crippen LogP contribution in [0.15, 0.2) is 0 Å². The van der Waals surface area contributed by atoms with Gasteiger partial charge in [-0.1, -0.05) is 13.8 Å². The molecular weight excluding hydrogens is 196 g/mol. The highest BCUT2D eigenvalue weighted by Crippen LogP contribution is 2.03. The van der Waals surface area contributed by atoms with E-state index in [1.54, 1.807) is 0 Å². The quantitative estimate of drug-likeness (QED) is 0.672. The number of nitrogens with one attached hydrogen (secondary N) is 1. The molecule has 0 fully saturated rings. The zero-order valence-corrected chi connectivity index (χ0v) is 10.2. The first-order chi connectivity index (χ1) is 6.60. The second kappa shape index (κ2) is 8.12. The van der Waals surface area contributed by atoms with E-state index in [4.69, 9.17) is 5.73 Å². The first kappa shape index (κ1) is 13.8. The molecule has 4 heteroatoms. The maximum absolute atomic E-state index is 11.3. The fourth-order valence-corrected chi connectivity index (χ4v) is 1.79. The van der Waals surface area contributed by atoms with Crippen LogP contribution in [0.2, 0.25) is 0 Å². The van der Waals surface area contributed by atoms with E-state index in [9.17, 15) is 4.79 Å². The molecule has 0 aliphatic carbocycles. The van der Waals surface area contributed by atoms with Crippen LogP contribution in [0.5, 0.6) is 0 Å². The summed E-state index contributed by atoms with van der Waals surface area (Å²) in [6, 6.07) is 0. The summed E-state index contributed by atoms with van der Waals surface area (Å²) in [5.74, 6) is 2.04. The summed E-state index contributed by atoms with van der Waals surface area (Å²) in [7, 11) is 0. The minimum atomic E-state index is 0.121. The number of carbonyl (C=O) groups excluding carboxylic acids is 1. The molecule has 2 atom stereocenters. The number of amides is 1. The van der Waals surface area contributed by atoms with Crippen molar-refractivity contribution < 1.29 is 4.79 Å². The van der Waals surface area contributed by atoms with Crippen LogP contribution < -0.4 is 11.1 Å². The average molecular weight is 218 g/mol. The molecule has 0 aromatic heterocycles. The van der Waals surface area contributed by atoms with Gasteiger partial charge < -0.3 is 11.1 Å². The van der Waals surface area contributed by atoms with Crippen molar-refractivity contribution in [3.8, 4) is 0 Å². The Hall–Kier alpha value is -0.220. The van der Waals surface area contributed by atoms with Gasteiger partial charge in [-0.2, -0.15) is 11.8 Å². The molecule has 0 bridgehead atoms. The molecule has 1 amide bonds. The molecule has 2 unspecified atom stereocenters. The standard InChI is InChI=1S/C10H22N2OS/c1-8(5-11)4-10(13)12-6-9(2)7-14-3/h8-9H,4-7,11H2,1-3H3,(H,12,13). The molecule has 0 aliphatic heterocycles. The Labute approximate surface area is 91.2 Å². The summed E-state index contributed by atoms with van der Waals surface area (Å²) >= 11 is 1.81. The summed E-state index contributed by atoms with van der Waals surface area (Å²) in [4.78, 5) is 11.3. The molecule has 3 N–H and O–H groups in total. The van der Waals surface area contributed by atoms with Gasteiger partial charge in [0.25, 0.3) is 0 Å². The van der Waals surface area contributed by atoms with E-state index in [-0.39, 0.29) is 11.8 Å². The number of thioether (sulfide) groups is 1. The minimum Gasteiger partial charge on any atom is -0.356 e. The Morgan fingerprint density at radius 3 is 2.57 bits per heavy atom. The lowest BCUT2D eigenvalue weighted by molar-refractivity contribution is -0.121. The normalized spacial score (nSPS) is 14.9. The smallest absolute Gasteiger partial charge is 0.220 e. The summed E-state index contributed by atoms with van der Waals surface area (Å²) in [5.41, 5.74) is 5.44. The Kier molecular flexibility index (Phi) is 7.99. The van der Waals surface area contributed by atoms with Gasteiger partial charge >= 0.3 is 0 Å². The molecule has 14 heavy (non-hydrogen) atoms. The van der Waals surface area contributed by atoms with Crippen LogP contribution in [-0.2, 0) is 4.79 Å². The van der Waals surface area contributed by atoms with Crippen molar-refractivity contribution in [2.75, 3.05) is 25.1 Å². The van der Waals surface area contributed by atoms with E-state index in [0.29, 0.717) is 18.9 Å². The van der Waals surface area contributed by atoms with E-state index in [2.05, 4.69) is 18.5 Å². The number of hydrogen-bond acceptors (Lipinski definition) is 3. The van der Waals surface area contributed by atoms with E-state index in [1.165, 1.54) is 0 Å². The summed E-state index contributed by atoms with van der Waals surface area (Å²) < 4.78 is 0. The predicted octanol–water partition coefficient (Wildman–Crippen LogP) is 1.09. The highest BCUT2D eigenvalue weighted by Gasteiger charge is 2.08. The molecule has 0 aliphatic rings. The first-order valence-corrected chi connectivity index (χ1v) is 6.45. The van der Waals surface area contributed by atoms with Gasteiger partial charge in [0.1, 0.15) is 0 Å². The number of nitrogens with two attached hydrogens (primary N) is 1. The number of hydrogen-bond donors (Lipinski definition) is 2. The molecule has 0 saturated heterocycles. The van der Waals surface area contributed by atoms with Crippen molar-refractivity contribution in [1.82, 2.24) is 5.32 Å². The number of carbonyl (C=O) groups is 1. The first-order valence-electron chi connectivity index (χ1n) is 5.05. The van der Waals surface area contributed by atoms with Crippen molar-refractivity contribution >= 4 is 17.7 Å². The maximum atomic E-state index is 11.3. The minimum absolute atomic E-state index is 0.121.